The van der Waals surface area contributed by atoms with Crippen molar-refractivity contribution >= 4 is 17.1 Å². The third kappa shape index (κ3) is 10.8. The molecule has 306 valence electrons. The summed E-state index contributed by atoms with van der Waals surface area (Å²) in [7, 11) is 12.2. The molecule has 9 aromatic rings. The fraction of sp³-hybridized carbons (Fsp3) is 0.118. The van der Waals surface area contributed by atoms with Crippen LogP contribution in [-0.4, -0.2) is 70.9 Å². The third-order valence-corrected chi connectivity index (χ3v) is 9.70. The number of hydrogen-bond donors (Lipinski definition) is 0. The van der Waals surface area contributed by atoms with Crippen molar-refractivity contribution in [3.8, 4) is 51.2 Å². The Hall–Kier alpha value is -7.00. The number of rotatable bonds is 9. The SMILES string of the molecule is CN(C)c1ccc(-n2ccnc2-c2[c-]cccc2)cc1.CN(C)c1ccc(-n2ccnc2-c2[c-]cccc2)cc1.CN(C)c1ccc(-n2ccnc2-c2[c-]cccc2)cc1.[Ir+3]. The van der Waals surface area contributed by atoms with Gasteiger partial charge in [0.15, 0.2) is 0 Å². The number of aromatic nitrogens is 6. The van der Waals surface area contributed by atoms with Crippen LogP contribution in [0.4, 0.5) is 17.1 Å². The van der Waals surface area contributed by atoms with Gasteiger partial charge < -0.3 is 28.4 Å². The molecule has 0 bridgehead atoms. The van der Waals surface area contributed by atoms with Crippen molar-refractivity contribution in [3.05, 3.63) is 201 Å². The summed E-state index contributed by atoms with van der Waals surface area (Å²) >= 11 is 0. The van der Waals surface area contributed by atoms with Gasteiger partial charge in [0.1, 0.15) is 0 Å². The number of benzene rings is 6. The second-order valence-corrected chi connectivity index (χ2v) is 14.4. The average Bonchev–Trinajstić information content (AvgIpc) is 4.11. The van der Waals surface area contributed by atoms with Crippen LogP contribution in [0, 0.1) is 18.2 Å². The number of hydrogen-bond acceptors (Lipinski definition) is 6. The van der Waals surface area contributed by atoms with Gasteiger partial charge in [0.2, 0.25) is 0 Å². The first-order valence-corrected chi connectivity index (χ1v) is 19.6. The fourth-order valence-corrected chi connectivity index (χ4v) is 6.46. The molecule has 0 N–H and O–H groups in total. The Morgan fingerprint density at radius 1 is 0.361 bits per heavy atom. The van der Waals surface area contributed by atoms with Gasteiger partial charge in [0.05, 0.1) is 17.5 Å². The second kappa shape index (κ2) is 20.8. The van der Waals surface area contributed by atoms with Crippen LogP contribution in [0.5, 0.6) is 0 Å². The molecule has 0 saturated heterocycles. The summed E-state index contributed by atoms with van der Waals surface area (Å²) in [4.78, 5) is 19.6. The zero-order valence-corrected chi connectivity index (χ0v) is 37.6. The maximum absolute atomic E-state index is 4.44. The Labute approximate surface area is 373 Å². The molecule has 61 heavy (non-hydrogen) atoms. The molecule has 9 rings (SSSR count). The summed E-state index contributed by atoms with van der Waals surface area (Å²) in [6.45, 7) is 0. The topological polar surface area (TPSA) is 63.2 Å². The van der Waals surface area contributed by atoms with Gasteiger partial charge in [-0.25, -0.2) is 0 Å². The normalized spacial score (nSPS) is 10.3. The van der Waals surface area contributed by atoms with Crippen molar-refractivity contribution in [1.29, 1.82) is 0 Å². The zero-order chi connectivity index (χ0) is 41.8. The van der Waals surface area contributed by atoms with E-state index in [0.717, 1.165) is 51.2 Å². The summed E-state index contributed by atoms with van der Waals surface area (Å²) in [6.07, 6.45) is 11.4. The molecule has 0 fully saturated rings. The Balaban J connectivity index is 0.000000152. The van der Waals surface area contributed by atoms with Crippen molar-refractivity contribution in [2.24, 2.45) is 0 Å². The first-order valence-electron chi connectivity index (χ1n) is 19.6. The molecule has 0 radical (unpaired) electrons. The first kappa shape index (κ1) is 43.6. The molecular weight excluding hydrogens is 931 g/mol. The smallest absolute Gasteiger partial charge is 0.378 e. The van der Waals surface area contributed by atoms with E-state index in [4.69, 9.17) is 0 Å². The van der Waals surface area contributed by atoms with Crippen molar-refractivity contribution in [2.75, 3.05) is 57.0 Å². The van der Waals surface area contributed by atoms with Gasteiger partial charge in [-0.1, -0.05) is 0 Å². The van der Waals surface area contributed by atoms with Gasteiger partial charge in [0, 0.05) is 114 Å². The predicted octanol–water partition coefficient (Wildman–Crippen LogP) is 10.2. The quantitative estimate of drug-likeness (QED) is 0.134. The minimum Gasteiger partial charge on any atom is -0.378 e. The van der Waals surface area contributed by atoms with Crippen molar-refractivity contribution in [1.82, 2.24) is 28.7 Å². The molecule has 0 unspecified atom stereocenters. The van der Waals surface area contributed by atoms with Crippen LogP contribution in [0.2, 0.25) is 0 Å². The van der Waals surface area contributed by atoms with Crippen LogP contribution >= 0.6 is 0 Å². The molecular formula is C51H48IrN9. The Kier molecular flexibility index (Phi) is 14.9. The predicted molar refractivity (Wildman–Crippen MR) is 246 cm³/mol. The Morgan fingerprint density at radius 2 is 0.623 bits per heavy atom. The molecule has 9 nitrogen and oxygen atoms in total. The van der Waals surface area contributed by atoms with E-state index in [0.29, 0.717) is 0 Å². The molecule has 0 aliphatic heterocycles. The van der Waals surface area contributed by atoms with Crippen LogP contribution in [0.3, 0.4) is 0 Å². The third-order valence-electron chi connectivity index (χ3n) is 9.70. The van der Waals surface area contributed by atoms with Crippen LogP contribution in [0.1, 0.15) is 0 Å². The van der Waals surface area contributed by atoms with E-state index in [-0.39, 0.29) is 20.1 Å². The van der Waals surface area contributed by atoms with Crippen molar-refractivity contribution in [2.45, 2.75) is 0 Å². The maximum Gasteiger partial charge on any atom is 3.00 e. The van der Waals surface area contributed by atoms with E-state index in [9.17, 15) is 0 Å². The minimum atomic E-state index is 0. The molecule has 0 saturated carbocycles. The van der Waals surface area contributed by atoms with E-state index < -0.39 is 0 Å². The summed E-state index contributed by atoms with van der Waals surface area (Å²) in [5.41, 5.74) is 9.82. The van der Waals surface area contributed by atoms with Crippen LogP contribution in [0.15, 0.2) is 183 Å². The van der Waals surface area contributed by atoms with Gasteiger partial charge in [-0.3, -0.25) is 15.0 Å². The molecule has 10 heteroatoms. The first-order chi connectivity index (χ1) is 29.3. The fourth-order valence-electron chi connectivity index (χ4n) is 6.46. The van der Waals surface area contributed by atoms with E-state index in [2.05, 4.69) is 134 Å². The molecule has 6 aromatic carbocycles. The molecule has 0 amide bonds. The largest absolute Gasteiger partial charge is 3.00 e. The Morgan fingerprint density at radius 3 is 0.836 bits per heavy atom. The van der Waals surface area contributed by atoms with Gasteiger partial charge in [-0.05, 0) is 72.8 Å². The van der Waals surface area contributed by atoms with E-state index >= 15 is 0 Å². The molecule has 0 spiro atoms. The van der Waals surface area contributed by atoms with Gasteiger partial charge in [-0.2, -0.15) is 0 Å². The van der Waals surface area contributed by atoms with Crippen LogP contribution in [0.25, 0.3) is 51.2 Å². The zero-order valence-electron chi connectivity index (χ0n) is 35.2. The number of anilines is 3. The standard InChI is InChI=1S/3C17H16N3.Ir/c3*1-19(2)15-8-10-16(11-9-15)20-13-12-18-17(20)14-6-4-3-5-7-14;/h3*3-6,8-13H,1-2H3;/q3*-1;+3. The molecule has 0 atom stereocenters. The molecule has 3 heterocycles. The molecule has 0 aliphatic carbocycles. The summed E-state index contributed by atoms with van der Waals surface area (Å²) in [6, 6.07) is 58.6. The van der Waals surface area contributed by atoms with E-state index in [1.54, 1.807) is 0 Å². The van der Waals surface area contributed by atoms with Gasteiger partial charge >= 0.3 is 20.1 Å². The van der Waals surface area contributed by atoms with Crippen molar-refractivity contribution in [3.63, 3.8) is 0 Å². The molecule has 3 aromatic heterocycles. The van der Waals surface area contributed by atoms with Crippen LogP contribution < -0.4 is 14.7 Å². The average molecular weight is 979 g/mol. The van der Waals surface area contributed by atoms with E-state index in [1.165, 1.54) is 17.1 Å². The van der Waals surface area contributed by atoms with E-state index in [1.807, 2.05) is 152 Å². The number of nitrogens with zero attached hydrogens (tertiary/aromatic N) is 9. The van der Waals surface area contributed by atoms with Gasteiger partial charge in [-0.15, -0.1) is 108 Å². The monoisotopic (exact) mass is 979 g/mol. The second-order valence-electron chi connectivity index (χ2n) is 14.4. The summed E-state index contributed by atoms with van der Waals surface area (Å²) in [5.74, 6) is 2.72. The summed E-state index contributed by atoms with van der Waals surface area (Å²) in [5, 5.41) is 0. The minimum absolute atomic E-state index is 0. The van der Waals surface area contributed by atoms with Crippen molar-refractivity contribution < 1.29 is 20.1 Å². The maximum atomic E-state index is 4.44. The van der Waals surface area contributed by atoms with Gasteiger partial charge in [0.25, 0.3) is 0 Å². The molecule has 0 aliphatic rings. The van der Waals surface area contributed by atoms with Crippen LogP contribution in [-0.2, 0) is 20.1 Å². The number of imidazole rings is 3. The summed E-state index contributed by atoms with van der Waals surface area (Å²) < 4.78 is 6.22. The Bertz CT molecular complexity index is 2350.